The van der Waals surface area contributed by atoms with Crippen LogP contribution in [0.25, 0.3) is 11.1 Å². The zero-order valence-corrected chi connectivity index (χ0v) is 11.1. The first-order valence-corrected chi connectivity index (χ1v) is 6.54. The molecular weight excluding hydrogens is 240 g/mol. The third kappa shape index (κ3) is 1.73. The normalized spacial score (nSPS) is 18.8. The average Bonchev–Trinajstić information content (AvgIpc) is 2.72. The van der Waals surface area contributed by atoms with E-state index in [4.69, 9.17) is 9.15 Å². The van der Waals surface area contributed by atoms with Crippen LogP contribution in [0.4, 0.5) is 0 Å². The molecule has 0 bridgehead atoms. The third-order valence-corrected chi connectivity index (χ3v) is 4.02. The Balaban J connectivity index is 2.08. The van der Waals surface area contributed by atoms with Gasteiger partial charge in [0, 0.05) is 6.92 Å². The van der Waals surface area contributed by atoms with Gasteiger partial charge in [0.25, 0.3) is 0 Å². The molecule has 1 aliphatic rings. The number of aromatic nitrogens is 1. The monoisotopic (exact) mass is 256 g/mol. The predicted molar refractivity (Wildman–Crippen MR) is 70.6 cm³/mol. The average molecular weight is 256 g/mol. The summed E-state index contributed by atoms with van der Waals surface area (Å²) in [6.07, 6.45) is 0.827. The zero-order valence-electron chi connectivity index (χ0n) is 11.1. The SMILES string of the molecule is CCC(C#N)C1(c2ccc3nc(C)oc3c2)COC1. The van der Waals surface area contributed by atoms with Crippen molar-refractivity contribution in [2.75, 3.05) is 13.2 Å². The number of ether oxygens (including phenoxy) is 1. The molecule has 1 aromatic carbocycles. The highest BCUT2D eigenvalue weighted by Crippen LogP contribution is 2.41. The van der Waals surface area contributed by atoms with Crippen LogP contribution < -0.4 is 0 Å². The fraction of sp³-hybridized carbons (Fsp3) is 0.467. The summed E-state index contributed by atoms with van der Waals surface area (Å²) in [7, 11) is 0. The van der Waals surface area contributed by atoms with Gasteiger partial charge in [-0.25, -0.2) is 4.98 Å². The van der Waals surface area contributed by atoms with Crippen LogP contribution in [0.2, 0.25) is 0 Å². The van der Waals surface area contributed by atoms with Gasteiger partial charge >= 0.3 is 0 Å². The standard InChI is InChI=1S/C15H16N2O2/c1-3-11(7-16)15(8-18-9-15)12-4-5-13-14(6-12)19-10(2)17-13/h4-6,11H,3,8-9H2,1-2H3. The molecule has 4 nitrogen and oxygen atoms in total. The lowest BCUT2D eigenvalue weighted by atomic mass is 9.68. The minimum Gasteiger partial charge on any atom is -0.441 e. The maximum Gasteiger partial charge on any atom is 0.192 e. The molecule has 98 valence electrons. The van der Waals surface area contributed by atoms with E-state index in [-0.39, 0.29) is 11.3 Å². The van der Waals surface area contributed by atoms with Crippen molar-refractivity contribution in [3.05, 3.63) is 29.7 Å². The third-order valence-electron chi connectivity index (χ3n) is 4.02. The molecule has 1 unspecified atom stereocenters. The Morgan fingerprint density at radius 1 is 1.47 bits per heavy atom. The van der Waals surface area contributed by atoms with Crippen molar-refractivity contribution in [1.82, 2.24) is 4.98 Å². The van der Waals surface area contributed by atoms with E-state index < -0.39 is 0 Å². The summed E-state index contributed by atoms with van der Waals surface area (Å²) < 4.78 is 11.0. The number of rotatable bonds is 3. The lowest BCUT2D eigenvalue weighted by Gasteiger charge is -2.44. The summed E-state index contributed by atoms with van der Waals surface area (Å²) in [5, 5.41) is 9.36. The molecule has 4 heteroatoms. The van der Waals surface area contributed by atoms with Crippen LogP contribution in [0.15, 0.2) is 22.6 Å². The molecule has 0 aliphatic carbocycles. The molecule has 0 N–H and O–H groups in total. The predicted octanol–water partition coefficient (Wildman–Crippen LogP) is 2.95. The Morgan fingerprint density at radius 2 is 2.26 bits per heavy atom. The van der Waals surface area contributed by atoms with Crippen LogP contribution in [0.5, 0.6) is 0 Å². The Bertz CT molecular complexity index is 650. The van der Waals surface area contributed by atoms with Crippen molar-refractivity contribution in [2.45, 2.75) is 25.7 Å². The molecule has 0 spiro atoms. The molecular formula is C15H16N2O2. The molecule has 2 heterocycles. The smallest absolute Gasteiger partial charge is 0.192 e. The van der Waals surface area contributed by atoms with Crippen molar-refractivity contribution in [2.24, 2.45) is 5.92 Å². The van der Waals surface area contributed by atoms with Gasteiger partial charge in [0.15, 0.2) is 11.5 Å². The second-order valence-electron chi connectivity index (χ2n) is 5.15. The van der Waals surface area contributed by atoms with Crippen molar-refractivity contribution in [1.29, 1.82) is 5.26 Å². The van der Waals surface area contributed by atoms with Crippen LogP contribution in [-0.4, -0.2) is 18.2 Å². The molecule has 0 amide bonds. The van der Waals surface area contributed by atoms with E-state index in [0.29, 0.717) is 19.1 Å². The van der Waals surface area contributed by atoms with E-state index >= 15 is 0 Å². The van der Waals surface area contributed by atoms with Crippen molar-refractivity contribution < 1.29 is 9.15 Å². The number of oxazole rings is 1. The summed E-state index contributed by atoms with van der Waals surface area (Å²) in [5.74, 6) is 0.640. The largest absolute Gasteiger partial charge is 0.441 e. The Morgan fingerprint density at radius 3 is 2.84 bits per heavy atom. The molecule has 1 aromatic heterocycles. The minimum atomic E-state index is -0.182. The van der Waals surface area contributed by atoms with Crippen LogP contribution in [0.1, 0.15) is 24.8 Å². The van der Waals surface area contributed by atoms with Crippen LogP contribution in [-0.2, 0) is 10.2 Å². The number of nitriles is 1. The highest BCUT2D eigenvalue weighted by atomic mass is 16.5. The minimum absolute atomic E-state index is 0.0253. The first-order chi connectivity index (χ1) is 9.19. The van der Waals surface area contributed by atoms with Gasteiger partial charge in [-0.05, 0) is 24.1 Å². The van der Waals surface area contributed by atoms with Gasteiger partial charge in [-0.15, -0.1) is 0 Å². The molecule has 19 heavy (non-hydrogen) atoms. The second kappa shape index (κ2) is 4.36. The molecule has 3 rings (SSSR count). The Hall–Kier alpha value is -1.86. The number of nitrogens with zero attached hydrogens (tertiary/aromatic N) is 2. The maximum absolute atomic E-state index is 9.36. The number of aryl methyl sites for hydroxylation is 1. The molecule has 1 aliphatic heterocycles. The van der Waals surface area contributed by atoms with E-state index in [1.807, 2.05) is 32.0 Å². The highest BCUT2D eigenvalue weighted by Gasteiger charge is 2.46. The van der Waals surface area contributed by atoms with Gasteiger partial charge in [-0.1, -0.05) is 13.0 Å². The van der Waals surface area contributed by atoms with E-state index in [9.17, 15) is 5.26 Å². The number of benzene rings is 1. The summed E-state index contributed by atoms with van der Waals surface area (Å²) in [6, 6.07) is 8.44. The summed E-state index contributed by atoms with van der Waals surface area (Å²) in [5.41, 5.74) is 2.59. The van der Waals surface area contributed by atoms with E-state index in [1.54, 1.807) is 0 Å². The van der Waals surface area contributed by atoms with Crippen LogP contribution in [0.3, 0.4) is 0 Å². The fourth-order valence-electron chi connectivity index (χ4n) is 2.85. The van der Waals surface area contributed by atoms with Gasteiger partial charge in [0.2, 0.25) is 0 Å². The first-order valence-electron chi connectivity index (χ1n) is 6.54. The lowest BCUT2D eigenvalue weighted by Crippen LogP contribution is -2.51. The van der Waals surface area contributed by atoms with E-state index in [0.717, 1.165) is 23.1 Å². The van der Waals surface area contributed by atoms with Gasteiger partial charge in [0.05, 0.1) is 30.6 Å². The Kier molecular flexibility index (Phi) is 2.79. The second-order valence-corrected chi connectivity index (χ2v) is 5.15. The molecule has 0 radical (unpaired) electrons. The summed E-state index contributed by atoms with van der Waals surface area (Å²) in [6.45, 7) is 5.10. The van der Waals surface area contributed by atoms with Crippen molar-refractivity contribution >= 4 is 11.1 Å². The number of hydrogen-bond donors (Lipinski definition) is 0. The van der Waals surface area contributed by atoms with Gasteiger partial charge in [-0.2, -0.15) is 5.26 Å². The molecule has 1 saturated heterocycles. The number of fused-ring (bicyclic) bond motifs is 1. The van der Waals surface area contributed by atoms with Crippen LogP contribution in [0, 0.1) is 24.2 Å². The van der Waals surface area contributed by atoms with E-state index in [2.05, 4.69) is 11.1 Å². The Labute approximate surface area is 112 Å². The van der Waals surface area contributed by atoms with Crippen LogP contribution >= 0.6 is 0 Å². The van der Waals surface area contributed by atoms with Gasteiger partial charge in [-0.3, -0.25) is 0 Å². The molecule has 1 atom stereocenters. The van der Waals surface area contributed by atoms with Crippen molar-refractivity contribution in [3.8, 4) is 6.07 Å². The lowest BCUT2D eigenvalue weighted by molar-refractivity contribution is -0.0804. The van der Waals surface area contributed by atoms with E-state index in [1.165, 1.54) is 0 Å². The first kappa shape index (κ1) is 12.2. The fourth-order valence-corrected chi connectivity index (χ4v) is 2.85. The molecule has 1 fully saturated rings. The highest BCUT2D eigenvalue weighted by molar-refractivity contribution is 5.74. The van der Waals surface area contributed by atoms with Gasteiger partial charge in [0.1, 0.15) is 5.52 Å². The maximum atomic E-state index is 9.36. The van der Waals surface area contributed by atoms with Crippen molar-refractivity contribution in [3.63, 3.8) is 0 Å². The molecule has 2 aromatic rings. The summed E-state index contributed by atoms with van der Waals surface area (Å²) >= 11 is 0. The quantitative estimate of drug-likeness (QED) is 0.847. The number of hydrogen-bond acceptors (Lipinski definition) is 4. The van der Waals surface area contributed by atoms with Gasteiger partial charge < -0.3 is 9.15 Å². The zero-order chi connectivity index (χ0) is 13.5. The molecule has 0 saturated carbocycles. The topological polar surface area (TPSA) is 59.0 Å². The summed E-state index contributed by atoms with van der Waals surface area (Å²) in [4.78, 5) is 4.30.